The first kappa shape index (κ1) is 18.8. The minimum absolute atomic E-state index is 0.634. The Bertz CT molecular complexity index is 794. The van der Waals surface area contributed by atoms with E-state index in [2.05, 4.69) is 53.8 Å². The molecule has 2 aliphatic rings. The Morgan fingerprint density at radius 1 is 1.00 bits per heavy atom. The van der Waals surface area contributed by atoms with Crippen LogP contribution in [0.3, 0.4) is 0 Å². The topological polar surface area (TPSA) is 34.2 Å². The number of benzene rings is 1. The average Bonchev–Trinajstić information content (AvgIpc) is 3.07. The first-order chi connectivity index (χ1) is 13.2. The van der Waals surface area contributed by atoms with Crippen LogP contribution in [0.5, 0.6) is 0 Å². The Hall–Kier alpha value is -1.58. The highest BCUT2D eigenvalue weighted by Gasteiger charge is 2.28. The van der Waals surface area contributed by atoms with Gasteiger partial charge in [-0.3, -0.25) is 0 Å². The molecule has 1 aromatic carbocycles. The van der Waals surface area contributed by atoms with Gasteiger partial charge in [-0.2, -0.15) is 0 Å². The molecule has 0 amide bonds. The summed E-state index contributed by atoms with van der Waals surface area (Å²) >= 11 is 0. The normalized spacial score (nSPS) is 22.5. The van der Waals surface area contributed by atoms with Gasteiger partial charge >= 0.3 is 0 Å². The van der Waals surface area contributed by atoms with Gasteiger partial charge in [-0.25, -0.2) is 0 Å². The Morgan fingerprint density at radius 3 is 2.37 bits per heavy atom. The van der Waals surface area contributed by atoms with Crippen LogP contribution in [0.1, 0.15) is 64.0 Å². The van der Waals surface area contributed by atoms with Crippen molar-refractivity contribution >= 4 is 10.9 Å². The van der Waals surface area contributed by atoms with Gasteiger partial charge in [0.05, 0.1) is 0 Å². The minimum Gasteiger partial charge on any atom is -0.344 e. The number of allylic oxidation sites excluding steroid dienone is 2. The summed E-state index contributed by atoms with van der Waals surface area (Å²) in [6.45, 7) is 7.78. The summed E-state index contributed by atoms with van der Waals surface area (Å²) in [6, 6.07) is 10.3. The van der Waals surface area contributed by atoms with Crippen molar-refractivity contribution < 1.29 is 0 Å². The van der Waals surface area contributed by atoms with Crippen molar-refractivity contribution in [2.75, 3.05) is 19.6 Å². The lowest BCUT2D eigenvalue weighted by atomic mass is 9.86. The number of piperidine rings is 1. The predicted octanol–water partition coefficient (Wildman–Crippen LogP) is 5.06. The molecule has 1 aliphatic carbocycles. The molecule has 0 bridgehead atoms. The van der Waals surface area contributed by atoms with Gasteiger partial charge in [0, 0.05) is 42.3 Å². The summed E-state index contributed by atoms with van der Waals surface area (Å²) < 4.78 is 2.56. The smallest absolute Gasteiger partial charge is 0.0485 e. The highest BCUT2D eigenvalue weighted by molar-refractivity contribution is 5.84. The third-order valence-corrected chi connectivity index (χ3v) is 6.91. The maximum atomic E-state index is 5.85. The van der Waals surface area contributed by atoms with Gasteiger partial charge < -0.3 is 15.2 Å². The second-order valence-electron chi connectivity index (χ2n) is 8.72. The molecule has 1 saturated heterocycles. The van der Waals surface area contributed by atoms with E-state index in [-0.39, 0.29) is 0 Å². The zero-order valence-electron chi connectivity index (χ0n) is 17.1. The highest BCUT2D eigenvalue weighted by atomic mass is 15.2. The minimum atomic E-state index is 0.634. The molecule has 0 radical (unpaired) electrons. The molecule has 1 aromatic heterocycles. The summed E-state index contributed by atoms with van der Waals surface area (Å²) in [5.41, 5.74) is 11.9. The lowest BCUT2D eigenvalue weighted by Crippen LogP contribution is -2.42. The van der Waals surface area contributed by atoms with Crippen LogP contribution in [-0.2, 0) is 6.42 Å². The lowest BCUT2D eigenvalue weighted by Gasteiger charge is -2.40. The molecule has 3 heteroatoms. The fraction of sp³-hybridized carbons (Fsp3) is 0.583. The van der Waals surface area contributed by atoms with Gasteiger partial charge in [-0.1, -0.05) is 29.3 Å². The van der Waals surface area contributed by atoms with E-state index in [1.807, 2.05) is 0 Å². The standard InChI is InChI=1S/C24H35N3/c1-18(2)19-7-9-21(10-8-19)26-15-12-22(13-16-26)27-17-20(11-14-25)23-5-3-4-6-24(23)27/h3-6,17,21-22H,7-16,25H2,1-2H3. The molecule has 4 rings (SSSR count). The van der Waals surface area contributed by atoms with E-state index < -0.39 is 0 Å². The number of hydrogen-bond donors (Lipinski definition) is 1. The number of nitrogens with zero attached hydrogens (tertiary/aromatic N) is 2. The van der Waals surface area contributed by atoms with Gasteiger partial charge in [-0.05, 0) is 77.0 Å². The van der Waals surface area contributed by atoms with Crippen LogP contribution in [-0.4, -0.2) is 35.1 Å². The Morgan fingerprint density at radius 2 is 1.70 bits per heavy atom. The summed E-state index contributed by atoms with van der Waals surface area (Å²) in [4.78, 5) is 2.78. The molecule has 0 unspecified atom stereocenters. The van der Waals surface area contributed by atoms with Gasteiger partial charge in [0.1, 0.15) is 0 Å². The van der Waals surface area contributed by atoms with Crippen LogP contribution < -0.4 is 5.73 Å². The first-order valence-corrected chi connectivity index (χ1v) is 10.8. The van der Waals surface area contributed by atoms with Crippen LogP contribution in [0.4, 0.5) is 0 Å². The molecule has 0 spiro atoms. The fourth-order valence-electron chi connectivity index (χ4n) is 5.28. The number of fused-ring (bicyclic) bond motifs is 1. The average molecular weight is 366 g/mol. The summed E-state index contributed by atoms with van der Waals surface area (Å²) in [7, 11) is 0. The van der Waals surface area contributed by atoms with Crippen molar-refractivity contribution in [3.63, 3.8) is 0 Å². The van der Waals surface area contributed by atoms with E-state index >= 15 is 0 Å². The van der Waals surface area contributed by atoms with Gasteiger partial charge in [0.2, 0.25) is 0 Å². The van der Waals surface area contributed by atoms with Crippen LogP contribution >= 0.6 is 0 Å². The zero-order valence-corrected chi connectivity index (χ0v) is 17.1. The molecular formula is C24H35N3. The molecule has 1 saturated carbocycles. The molecule has 1 aliphatic heterocycles. The van der Waals surface area contributed by atoms with Crippen LogP contribution in [0, 0.1) is 0 Å². The summed E-state index contributed by atoms with van der Waals surface area (Å²) in [5.74, 6) is 0. The number of likely N-dealkylation sites (tertiary alicyclic amines) is 1. The molecule has 3 nitrogen and oxygen atoms in total. The van der Waals surface area contributed by atoms with Crippen LogP contribution in [0.2, 0.25) is 0 Å². The van der Waals surface area contributed by atoms with Crippen molar-refractivity contribution in [1.29, 1.82) is 0 Å². The molecule has 2 heterocycles. The number of nitrogens with two attached hydrogens (primary N) is 1. The Kier molecular flexibility index (Phi) is 5.70. The molecular weight excluding hydrogens is 330 g/mol. The van der Waals surface area contributed by atoms with E-state index in [9.17, 15) is 0 Å². The fourth-order valence-corrected chi connectivity index (χ4v) is 5.28. The van der Waals surface area contributed by atoms with Crippen molar-refractivity contribution in [3.05, 3.63) is 47.2 Å². The number of para-hydroxylation sites is 1. The van der Waals surface area contributed by atoms with Gasteiger partial charge in [0.15, 0.2) is 0 Å². The molecule has 27 heavy (non-hydrogen) atoms. The summed E-state index contributed by atoms with van der Waals surface area (Å²) in [5, 5.41) is 1.40. The third kappa shape index (κ3) is 3.86. The maximum Gasteiger partial charge on any atom is 0.0485 e. The second kappa shape index (κ2) is 8.20. The SMILES string of the molecule is CC(C)=C1CCC(N2CCC(n3cc(CCN)c4ccccc43)CC2)CC1. The number of hydrogen-bond acceptors (Lipinski definition) is 2. The maximum absolute atomic E-state index is 5.85. The predicted molar refractivity (Wildman–Crippen MR) is 115 cm³/mol. The van der Waals surface area contributed by atoms with E-state index in [1.54, 1.807) is 11.1 Å². The summed E-state index contributed by atoms with van der Waals surface area (Å²) in [6.07, 6.45) is 11.3. The third-order valence-electron chi connectivity index (χ3n) is 6.91. The lowest BCUT2D eigenvalue weighted by molar-refractivity contribution is 0.117. The van der Waals surface area contributed by atoms with E-state index in [0.717, 1.165) is 19.0 Å². The molecule has 146 valence electrons. The van der Waals surface area contributed by atoms with Gasteiger partial charge in [0.25, 0.3) is 0 Å². The number of rotatable bonds is 4. The molecule has 0 atom stereocenters. The highest BCUT2D eigenvalue weighted by Crippen LogP contribution is 2.34. The monoisotopic (exact) mass is 365 g/mol. The van der Waals surface area contributed by atoms with E-state index in [1.165, 1.54) is 68.1 Å². The van der Waals surface area contributed by atoms with Crippen LogP contribution in [0.15, 0.2) is 41.6 Å². The van der Waals surface area contributed by atoms with Crippen molar-refractivity contribution in [1.82, 2.24) is 9.47 Å². The quantitative estimate of drug-likeness (QED) is 0.769. The van der Waals surface area contributed by atoms with Crippen LogP contribution in [0.25, 0.3) is 10.9 Å². The van der Waals surface area contributed by atoms with Crippen molar-refractivity contribution in [2.45, 2.75) is 70.9 Å². The largest absolute Gasteiger partial charge is 0.344 e. The second-order valence-corrected chi connectivity index (χ2v) is 8.72. The van der Waals surface area contributed by atoms with Crippen molar-refractivity contribution in [2.24, 2.45) is 5.73 Å². The van der Waals surface area contributed by atoms with E-state index in [4.69, 9.17) is 5.73 Å². The number of aromatic nitrogens is 1. The Labute approximate surface area is 164 Å². The van der Waals surface area contributed by atoms with Crippen molar-refractivity contribution in [3.8, 4) is 0 Å². The molecule has 2 aromatic rings. The first-order valence-electron chi connectivity index (χ1n) is 10.8. The molecule has 2 N–H and O–H groups in total. The van der Waals surface area contributed by atoms with E-state index in [0.29, 0.717) is 6.04 Å². The zero-order chi connectivity index (χ0) is 18.8. The molecule has 2 fully saturated rings. The van der Waals surface area contributed by atoms with Gasteiger partial charge in [-0.15, -0.1) is 0 Å². The Balaban J connectivity index is 1.43.